The van der Waals surface area contributed by atoms with Gasteiger partial charge >= 0.3 is 0 Å². The van der Waals surface area contributed by atoms with Crippen molar-refractivity contribution in [2.75, 3.05) is 27.3 Å². The van der Waals surface area contributed by atoms with Crippen LogP contribution in [0.4, 0.5) is 0 Å². The summed E-state index contributed by atoms with van der Waals surface area (Å²) in [4.78, 5) is 26.1. The van der Waals surface area contributed by atoms with Crippen LogP contribution in [0.3, 0.4) is 0 Å². The van der Waals surface area contributed by atoms with Crippen LogP contribution in [0.5, 0.6) is 11.5 Å². The van der Waals surface area contributed by atoms with Crippen molar-refractivity contribution in [2.24, 2.45) is 0 Å². The fourth-order valence-electron chi connectivity index (χ4n) is 3.08. The summed E-state index contributed by atoms with van der Waals surface area (Å²) in [5.74, 6) is 1.32. The van der Waals surface area contributed by atoms with Gasteiger partial charge in [-0.25, -0.2) is 0 Å². The number of ether oxygens (including phenoxy) is 2. The van der Waals surface area contributed by atoms with Gasteiger partial charge in [0.2, 0.25) is 11.8 Å². The first-order chi connectivity index (χ1) is 12.0. The second kappa shape index (κ2) is 9.30. The normalized spacial score (nSPS) is 14.9. The number of carbonyl (C=O) groups is 2. The summed E-state index contributed by atoms with van der Waals surface area (Å²) in [7, 11) is 3.21. The lowest BCUT2D eigenvalue weighted by Gasteiger charge is -2.21. The molecule has 0 saturated carbocycles. The van der Waals surface area contributed by atoms with Crippen molar-refractivity contribution in [1.29, 1.82) is 0 Å². The van der Waals surface area contributed by atoms with Crippen LogP contribution in [0.2, 0.25) is 0 Å². The van der Waals surface area contributed by atoms with E-state index >= 15 is 0 Å². The van der Waals surface area contributed by atoms with Gasteiger partial charge in [0.15, 0.2) is 11.5 Å². The third-order valence-electron chi connectivity index (χ3n) is 4.48. The van der Waals surface area contributed by atoms with Gasteiger partial charge in [0.25, 0.3) is 0 Å². The molecule has 1 N–H and O–H groups in total. The minimum absolute atomic E-state index is 0.0192. The highest BCUT2D eigenvalue weighted by Gasteiger charge is 2.24. The van der Waals surface area contributed by atoms with Gasteiger partial charge in [0, 0.05) is 19.5 Å². The second-order valence-electron chi connectivity index (χ2n) is 6.36. The number of hydrogen-bond donors (Lipinski definition) is 1. The summed E-state index contributed by atoms with van der Waals surface area (Å²) in [6.45, 7) is 3.36. The molecule has 1 saturated heterocycles. The van der Waals surface area contributed by atoms with Crippen LogP contribution in [0.15, 0.2) is 18.2 Å². The molecule has 2 rings (SSSR count). The number of rotatable bonds is 8. The molecule has 6 heteroatoms. The van der Waals surface area contributed by atoms with Crippen molar-refractivity contribution in [3.05, 3.63) is 23.8 Å². The van der Waals surface area contributed by atoms with Crippen LogP contribution in [0, 0.1) is 0 Å². The molecule has 1 fully saturated rings. The Morgan fingerprint density at radius 1 is 1.16 bits per heavy atom. The number of hydrogen-bond acceptors (Lipinski definition) is 4. The van der Waals surface area contributed by atoms with Gasteiger partial charge in [-0.15, -0.1) is 0 Å². The average Bonchev–Trinajstić information content (AvgIpc) is 3.15. The monoisotopic (exact) mass is 348 g/mol. The first-order valence-electron chi connectivity index (χ1n) is 8.84. The lowest BCUT2D eigenvalue weighted by atomic mass is 10.1. The molecule has 1 aromatic rings. The molecular weight excluding hydrogens is 320 g/mol. The zero-order valence-corrected chi connectivity index (χ0v) is 15.3. The van der Waals surface area contributed by atoms with E-state index in [1.54, 1.807) is 21.1 Å². The SMILES string of the molecule is COc1ccc(CCCC(=O)NC(C)C(=O)N2CCCC2)cc1OC. The molecule has 0 aliphatic carbocycles. The van der Waals surface area contributed by atoms with E-state index < -0.39 is 6.04 Å². The van der Waals surface area contributed by atoms with Gasteiger partial charge in [-0.1, -0.05) is 6.07 Å². The van der Waals surface area contributed by atoms with Gasteiger partial charge in [-0.05, 0) is 50.3 Å². The molecule has 0 radical (unpaired) electrons. The van der Waals surface area contributed by atoms with E-state index in [1.807, 2.05) is 23.1 Å². The zero-order valence-electron chi connectivity index (χ0n) is 15.3. The van der Waals surface area contributed by atoms with Crippen molar-refractivity contribution in [2.45, 2.75) is 45.1 Å². The number of carbonyl (C=O) groups excluding carboxylic acids is 2. The van der Waals surface area contributed by atoms with Crippen LogP contribution in [-0.2, 0) is 16.0 Å². The fourth-order valence-corrected chi connectivity index (χ4v) is 3.08. The number of amides is 2. The highest BCUT2D eigenvalue weighted by Crippen LogP contribution is 2.28. The van der Waals surface area contributed by atoms with Gasteiger partial charge in [-0.2, -0.15) is 0 Å². The maximum absolute atomic E-state index is 12.2. The van der Waals surface area contributed by atoms with Crippen molar-refractivity contribution in [3.63, 3.8) is 0 Å². The van der Waals surface area contributed by atoms with Gasteiger partial charge in [0.1, 0.15) is 6.04 Å². The van der Waals surface area contributed by atoms with E-state index in [0.717, 1.165) is 37.9 Å². The van der Waals surface area contributed by atoms with E-state index in [9.17, 15) is 9.59 Å². The molecule has 1 atom stereocenters. The Hall–Kier alpha value is -2.24. The highest BCUT2D eigenvalue weighted by atomic mass is 16.5. The van der Waals surface area contributed by atoms with E-state index in [4.69, 9.17) is 9.47 Å². The van der Waals surface area contributed by atoms with E-state index in [2.05, 4.69) is 5.32 Å². The number of nitrogens with one attached hydrogen (secondary N) is 1. The lowest BCUT2D eigenvalue weighted by Crippen LogP contribution is -2.45. The van der Waals surface area contributed by atoms with Crippen LogP contribution in [0.1, 0.15) is 38.2 Å². The highest BCUT2D eigenvalue weighted by molar-refractivity contribution is 5.87. The van der Waals surface area contributed by atoms with E-state index in [1.165, 1.54) is 0 Å². The summed E-state index contributed by atoms with van der Waals surface area (Å²) < 4.78 is 10.5. The third kappa shape index (κ3) is 5.37. The Morgan fingerprint density at radius 3 is 2.48 bits per heavy atom. The minimum atomic E-state index is -0.452. The first-order valence-corrected chi connectivity index (χ1v) is 8.84. The predicted molar refractivity (Wildman–Crippen MR) is 95.9 cm³/mol. The standard InChI is InChI=1S/C19H28N2O4/c1-14(19(23)21-11-4-5-12-21)20-18(22)8-6-7-15-9-10-16(24-2)17(13-15)25-3/h9-10,13-14H,4-8,11-12H2,1-3H3,(H,20,22). The minimum Gasteiger partial charge on any atom is -0.493 e. The van der Waals surface area contributed by atoms with Crippen LogP contribution >= 0.6 is 0 Å². The predicted octanol–water partition coefficient (Wildman–Crippen LogP) is 2.15. The Kier molecular flexibility index (Phi) is 7.10. The summed E-state index contributed by atoms with van der Waals surface area (Å²) >= 11 is 0. The Morgan fingerprint density at radius 2 is 1.84 bits per heavy atom. The number of benzene rings is 1. The summed E-state index contributed by atoms with van der Waals surface area (Å²) in [5.41, 5.74) is 1.09. The van der Waals surface area contributed by atoms with Gasteiger partial charge in [0.05, 0.1) is 14.2 Å². The second-order valence-corrected chi connectivity index (χ2v) is 6.36. The third-order valence-corrected chi connectivity index (χ3v) is 4.48. The smallest absolute Gasteiger partial charge is 0.244 e. The molecule has 0 spiro atoms. The summed E-state index contributed by atoms with van der Waals surface area (Å²) in [5, 5.41) is 2.81. The largest absolute Gasteiger partial charge is 0.493 e. The number of methoxy groups -OCH3 is 2. The molecular formula is C19H28N2O4. The van der Waals surface area contributed by atoms with Gasteiger partial charge < -0.3 is 19.7 Å². The average molecular weight is 348 g/mol. The van der Waals surface area contributed by atoms with Crippen molar-refractivity contribution < 1.29 is 19.1 Å². The van der Waals surface area contributed by atoms with Crippen molar-refractivity contribution in [1.82, 2.24) is 10.2 Å². The number of nitrogens with zero attached hydrogens (tertiary/aromatic N) is 1. The molecule has 6 nitrogen and oxygen atoms in total. The fraction of sp³-hybridized carbons (Fsp3) is 0.579. The van der Waals surface area contributed by atoms with Gasteiger partial charge in [-0.3, -0.25) is 9.59 Å². The van der Waals surface area contributed by atoms with Crippen LogP contribution in [-0.4, -0.2) is 50.1 Å². The molecule has 0 bridgehead atoms. The number of likely N-dealkylation sites (tertiary alicyclic amines) is 1. The first kappa shape index (κ1) is 19.1. The molecule has 1 aliphatic heterocycles. The quantitative estimate of drug-likeness (QED) is 0.782. The number of aryl methyl sites for hydroxylation is 1. The maximum Gasteiger partial charge on any atom is 0.244 e. The summed E-state index contributed by atoms with van der Waals surface area (Å²) in [6.07, 6.45) is 3.98. The van der Waals surface area contributed by atoms with E-state index in [-0.39, 0.29) is 11.8 Å². The van der Waals surface area contributed by atoms with Crippen molar-refractivity contribution >= 4 is 11.8 Å². The maximum atomic E-state index is 12.2. The van der Waals surface area contributed by atoms with Crippen LogP contribution < -0.4 is 14.8 Å². The Bertz CT molecular complexity index is 597. The molecule has 138 valence electrons. The Balaban J connectivity index is 1.75. The molecule has 0 aromatic heterocycles. The summed E-state index contributed by atoms with van der Waals surface area (Å²) in [6, 6.07) is 5.31. The van der Waals surface area contributed by atoms with E-state index in [0.29, 0.717) is 24.3 Å². The zero-order chi connectivity index (χ0) is 18.2. The molecule has 1 aromatic carbocycles. The molecule has 1 unspecified atom stereocenters. The molecule has 1 aliphatic rings. The molecule has 2 amide bonds. The topological polar surface area (TPSA) is 67.9 Å². The van der Waals surface area contributed by atoms with Crippen molar-refractivity contribution in [3.8, 4) is 11.5 Å². The Labute approximate surface area is 149 Å². The lowest BCUT2D eigenvalue weighted by molar-refractivity contribution is -0.135. The van der Waals surface area contributed by atoms with Crippen LogP contribution in [0.25, 0.3) is 0 Å². The molecule has 1 heterocycles. The molecule has 25 heavy (non-hydrogen) atoms.